The van der Waals surface area contributed by atoms with Crippen LogP contribution in [0.15, 0.2) is 36.7 Å². The van der Waals surface area contributed by atoms with Crippen molar-refractivity contribution in [2.75, 3.05) is 11.4 Å². The first-order valence-corrected chi connectivity index (χ1v) is 7.09. The largest absolute Gasteiger partial charge is 0.388 e. The molecule has 0 bridgehead atoms. The average Bonchev–Trinajstić information content (AvgIpc) is 2.69. The molecule has 5 heteroatoms. The van der Waals surface area contributed by atoms with E-state index in [9.17, 15) is 0 Å². The molecule has 1 aromatic heterocycles. The molecule has 102 valence electrons. The fourth-order valence-electron chi connectivity index (χ4n) is 2.62. The van der Waals surface area contributed by atoms with Crippen LogP contribution in [0.4, 0.5) is 5.82 Å². The standard InChI is InChI=1S/C15H16N4S/c16-14(20)13-15(18-8-7-17-13)19-9-3-6-11-4-1-2-5-12(11)10-19/h1-2,4-5,7-8H,3,6,9-10H2,(H2,16,20). The first-order chi connectivity index (χ1) is 9.75. The molecule has 0 atom stereocenters. The molecule has 0 fully saturated rings. The van der Waals surface area contributed by atoms with E-state index < -0.39 is 0 Å². The quantitative estimate of drug-likeness (QED) is 0.856. The van der Waals surface area contributed by atoms with Gasteiger partial charge in [-0.3, -0.25) is 0 Å². The minimum Gasteiger partial charge on any atom is -0.388 e. The predicted molar refractivity (Wildman–Crippen MR) is 83.7 cm³/mol. The van der Waals surface area contributed by atoms with Crippen LogP contribution in [0.25, 0.3) is 0 Å². The molecule has 20 heavy (non-hydrogen) atoms. The summed E-state index contributed by atoms with van der Waals surface area (Å²) in [5.41, 5.74) is 9.12. The predicted octanol–water partition coefficient (Wildman–Crippen LogP) is 2.06. The summed E-state index contributed by atoms with van der Waals surface area (Å²) in [5, 5.41) is 0. The molecule has 0 saturated carbocycles. The van der Waals surface area contributed by atoms with Gasteiger partial charge in [-0.2, -0.15) is 0 Å². The molecule has 0 saturated heterocycles. The van der Waals surface area contributed by atoms with Gasteiger partial charge < -0.3 is 10.6 Å². The number of aromatic nitrogens is 2. The summed E-state index contributed by atoms with van der Waals surface area (Å²) < 4.78 is 0. The van der Waals surface area contributed by atoms with Gasteiger partial charge in [0.15, 0.2) is 5.82 Å². The van der Waals surface area contributed by atoms with Crippen LogP contribution in [0, 0.1) is 0 Å². The number of anilines is 1. The number of benzene rings is 1. The Balaban J connectivity index is 1.98. The smallest absolute Gasteiger partial charge is 0.157 e. The molecule has 0 aliphatic carbocycles. The minimum atomic E-state index is 0.297. The Bertz CT molecular complexity index is 641. The third kappa shape index (κ3) is 2.49. The average molecular weight is 284 g/mol. The molecule has 2 heterocycles. The van der Waals surface area contributed by atoms with E-state index in [1.807, 2.05) is 0 Å². The fourth-order valence-corrected chi connectivity index (χ4v) is 2.76. The van der Waals surface area contributed by atoms with E-state index in [2.05, 4.69) is 39.1 Å². The second-order valence-corrected chi connectivity index (χ2v) is 5.33. The summed E-state index contributed by atoms with van der Waals surface area (Å²) in [4.78, 5) is 11.2. The number of aryl methyl sites for hydroxylation is 1. The van der Waals surface area contributed by atoms with E-state index in [0.29, 0.717) is 10.7 Å². The zero-order valence-electron chi connectivity index (χ0n) is 11.1. The Labute approximate surface area is 123 Å². The van der Waals surface area contributed by atoms with Crippen LogP contribution >= 0.6 is 12.2 Å². The highest BCUT2D eigenvalue weighted by Crippen LogP contribution is 2.24. The molecule has 4 nitrogen and oxygen atoms in total. The van der Waals surface area contributed by atoms with Gasteiger partial charge in [-0.1, -0.05) is 36.5 Å². The zero-order chi connectivity index (χ0) is 13.9. The van der Waals surface area contributed by atoms with Gasteiger partial charge in [-0.25, -0.2) is 9.97 Å². The van der Waals surface area contributed by atoms with E-state index in [1.165, 1.54) is 11.1 Å². The molecule has 3 rings (SSSR count). The van der Waals surface area contributed by atoms with Crippen LogP contribution in [0.5, 0.6) is 0 Å². The van der Waals surface area contributed by atoms with Gasteiger partial charge >= 0.3 is 0 Å². The van der Waals surface area contributed by atoms with Crippen molar-refractivity contribution in [2.45, 2.75) is 19.4 Å². The highest BCUT2D eigenvalue weighted by atomic mass is 32.1. The second kappa shape index (κ2) is 5.54. The van der Waals surface area contributed by atoms with Crippen LogP contribution in [0.2, 0.25) is 0 Å². The summed E-state index contributed by atoms with van der Waals surface area (Å²) >= 11 is 5.08. The monoisotopic (exact) mass is 284 g/mol. The molecule has 2 aromatic rings. The molecule has 1 aromatic carbocycles. The number of nitrogens with zero attached hydrogens (tertiary/aromatic N) is 3. The van der Waals surface area contributed by atoms with Crippen LogP contribution in [0.3, 0.4) is 0 Å². The van der Waals surface area contributed by atoms with Crippen molar-refractivity contribution in [3.8, 4) is 0 Å². The topological polar surface area (TPSA) is 55.0 Å². The lowest BCUT2D eigenvalue weighted by Crippen LogP contribution is -2.27. The van der Waals surface area contributed by atoms with Gasteiger partial charge in [0.25, 0.3) is 0 Å². The summed E-state index contributed by atoms with van der Waals surface area (Å²) in [5.74, 6) is 0.789. The Hall–Kier alpha value is -2.01. The Morgan fingerprint density at radius 3 is 2.70 bits per heavy atom. The lowest BCUT2D eigenvalue weighted by molar-refractivity contribution is 0.751. The van der Waals surface area contributed by atoms with Crippen LogP contribution in [-0.4, -0.2) is 21.5 Å². The highest BCUT2D eigenvalue weighted by molar-refractivity contribution is 7.80. The molecule has 0 unspecified atom stereocenters. The zero-order valence-corrected chi connectivity index (χ0v) is 11.9. The van der Waals surface area contributed by atoms with E-state index in [1.54, 1.807) is 12.4 Å². The summed E-state index contributed by atoms with van der Waals surface area (Å²) in [6.45, 7) is 1.76. The maximum absolute atomic E-state index is 5.76. The van der Waals surface area contributed by atoms with Crippen LogP contribution < -0.4 is 10.6 Å². The third-order valence-corrected chi connectivity index (χ3v) is 3.76. The minimum absolute atomic E-state index is 0.297. The summed E-state index contributed by atoms with van der Waals surface area (Å²) in [6.07, 6.45) is 5.50. The first-order valence-electron chi connectivity index (χ1n) is 6.68. The van der Waals surface area contributed by atoms with Gasteiger partial charge in [0.1, 0.15) is 10.7 Å². The Kier molecular flexibility index (Phi) is 3.60. The number of thiocarbonyl (C=S) groups is 1. The number of nitrogens with two attached hydrogens (primary N) is 1. The number of hydrogen-bond acceptors (Lipinski definition) is 4. The van der Waals surface area contributed by atoms with Crippen LogP contribution in [-0.2, 0) is 13.0 Å². The molecule has 1 aliphatic heterocycles. The molecule has 0 radical (unpaired) electrons. The SMILES string of the molecule is NC(=S)c1nccnc1N1CCCc2ccccc2C1. The normalized spacial score (nSPS) is 14.5. The molecule has 0 amide bonds. The maximum atomic E-state index is 5.76. The molecule has 2 N–H and O–H groups in total. The lowest BCUT2D eigenvalue weighted by atomic mass is 10.0. The number of hydrogen-bond donors (Lipinski definition) is 1. The highest BCUT2D eigenvalue weighted by Gasteiger charge is 2.19. The van der Waals surface area contributed by atoms with Crippen molar-refractivity contribution in [2.24, 2.45) is 5.73 Å². The number of fused-ring (bicyclic) bond motifs is 1. The molecular formula is C15H16N4S. The van der Waals surface area contributed by atoms with E-state index in [-0.39, 0.29) is 0 Å². The van der Waals surface area contributed by atoms with E-state index in [0.717, 1.165) is 31.7 Å². The summed E-state index contributed by atoms with van der Waals surface area (Å²) in [6, 6.07) is 8.54. The van der Waals surface area contributed by atoms with Crippen molar-refractivity contribution in [1.29, 1.82) is 0 Å². The maximum Gasteiger partial charge on any atom is 0.157 e. The van der Waals surface area contributed by atoms with Gasteiger partial charge in [0.05, 0.1) is 0 Å². The van der Waals surface area contributed by atoms with Crippen molar-refractivity contribution < 1.29 is 0 Å². The van der Waals surface area contributed by atoms with Crippen molar-refractivity contribution in [3.05, 3.63) is 53.5 Å². The lowest BCUT2D eigenvalue weighted by Gasteiger charge is -2.23. The van der Waals surface area contributed by atoms with Gasteiger partial charge in [-0.05, 0) is 24.0 Å². The Morgan fingerprint density at radius 1 is 1.15 bits per heavy atom. The molecule has 1 aliphatic rings. The van der Waals surface area contributed by atoms with Gasteiger partial charge in [0.2, 0.25) is 0 Å². The van der Waals surface area contributed by atoms with Gasteiger partial charge in [-0.15, -0.1) is 0 Å². The third-order valence-electron chi connectivity index (χ3n) is 3.57. The number of rotatable bonds is 2. The fraction of sp³-hybridized carbons (Fsp3) is 0.267. The molecular weight excluding hydrogens is 268 g/mol. The first kappa shape index (κ1) is 13.0. The van der Waals surface area contributed by atoms with E-state index in [4.69, 9.17) is 18.0 Å². The van der Waals surface area contributed by atoms with E-state index >= 15 is 0 Å². The molecule has 0 spiro atoms. The van der Waals surface area contributed by atoms with Gasteiger partial charge in [0, 0.05) is 25.5 Å². The second-order valence-electron chi connectivity index (χ2n) is 4.89. The van der Waals surface area contributed by atoms with Crippen molar-refractivity contribution in [1.82, 2.24) is 9.97 Å². The van der Waals surface area contributed by atoms with Crippen molar-refractivity contribution >= 4 is 23.0 Å². The van der Waals surface area contributed by atoms with Crippen molar-refractivity contribution in [3.63, 3.8) is 0 Å². The Morgan fingerprint density at radius 2 is 1.90 bits per heavy atom. The van der Waals surface area contributed by atoms with Crippen LogP contribution in [0.1, 0.15) is 23.2 Å². The summed E-state index contributed by atoms with van der Waals surface area (Å²) in [7, 11) is 0.